The number of rotatable bonds is 0. The predicted octanol–water partition coefficient (Wildman–Crippen LogP) is 2.02. The number of aromatic nitrogens is 1. The van der Waals surface area contributed by atoms with Gasteiger partial charge in [0.05, 0.1) is 5.69 Å². The number of hydrogen-bond acceptors (Lipinski definition) is 1. The van der Waals surface area contributed by atoms with E-state index >= 15 is 0 Å². The van der Waals surface area contributed by atoms with Gasteiger partial charge in [-0.25, -0.2) is 0 Å². The van der Waals surface area contributed by atoms with Gasteiger partial charge >= 0.3 is 0 Å². The molecule has 0 amide bonds. The lowest BCUT2D eigenvalue weighted by molar-refractivity contribution is 0.167. The molecule has 0 fully saturated rings. The molecule has 0 radical (unpaired) electrons. The van der Waals surface area contributed by atoms with E-state index in [1.165, 1.54) is 4.73 Å². The third kappa shape index (κ3) is 1.15. The first-order valence-electron chi connectivity index (χ1n) is 3.39. The first-order chi connectivity index (χ1) is 4.52. The Morgan fingerprint density at radius 2 is 2.00 bits per heavy atom. The maximum absolute atomic E-state index is 9.20. The molecular formula is C8H13NO. The van der Waals surface area contributed by atoms with E-state index in [0.717, 1.165) is 5.69 Å². The van der Waals surface area contributed by atoms with Crippen molar-refractivity contribution in [2.45, 2.75) is 26.2 Å². The molecular weight excluding hydrogens is 126 g/mol. The Bertz CT molecular complexity index is 219. The van der Waals surface area contributed by atoms with Crippen molar-refractivity contribution in [3.63, 3.8) is 0 Å². The zero-order chi connectivity index (χ0) is 7.78. The molecule has 0 aliphatic rings. The van der Waals surface area contributed by atoms with Gasteiger partial charge in [0.25, 0.3) is 0 Å². The van der Waals surface area contributed by atoms with Crippen LogP contribution in [0, 0.1) is 0 Å². The molecule has 0 spiro atoms. The minimum Gasteiger partial charge on any atom is -0.429 e. The zero-order valence-corrected chi connectivity index (χ0v) is 6.63. The van der Waals surface area contributed by atoms with E-state index in [2.05, 4.69) is 20.8 Å². The second-order valence-electron chi connectivity index (χ2n) is 3.49. The van der Waals surface area contributed by atoms with Crippen LogP contribution < -0.4 is 0 Å². The minimum atomic E-state index is 0.0260. The molecule has 10 heavy (non-hydrogen) atoms. The van der Waals surface area contributed by atoms with Crippen LogP contribution >= 0.6 is 0 Å². The van der Waals surface area contributed by atoms with Gasteiger partial charge in [0, 0.05) is 11.6 Å². The topological polar surface area (TPSA) is 25.2 Å². The molecule has 0 aliphatic carbocycles. The molecule has 2 heteroatoms. The SMILES string of the molecule is CC(C)(C)c1cccn1O. The lowest BCUT2D eigenvalue weighted by Gasteiger charge is -2.17. The van der Waals surface area contributed by atoms with Crippen molar-refractivity contribution < 1.29 is 5.21 Å². The summed E-state index contributed by atoms with van der Waals surface area (Å²) in [4.78, 5) is 0. The summed E-state index contributed by atoms with van der Waals surface area (Å²) in [6, 6.07) is 3.75. The van der Waals surface area contributed by atoms with Gasteiger partial charge in [-0.05, 0) is 12.1 Å². The highest BCUT2D eigenvalue weighted by molar-refractivity contribution is 5.14. The van der Waals surface area contributed by atoms with Gasteiger partial charge in [0.2, 0.25) is 0 Å². The average Bonchev–Trinajstić information content (AvgIpc) is 2.11. The van der Waals surface area contributed by atoms with Crippen molar-refractivity contribution in [3.8, 4) is 0 Å². The van der Waals surface area contributed by atoms with Crippen LogP contribution in [0.1, 0.15) is 26.5 Å². The molecule has 1 aromatic rings. The molecule has 0 unspecified atom stereocenters. The van der Waals surface area contributed by atoms with Gasteiger partial charge in [0.1, 0.15) is 0 Å². The minimum absolute atomic E-state index is 0.0260. The van der Waals surface area contributed by atoms with Crippen LogP contribution in [-0.2, 0) is 5.41 Å². The molecule has 2 nitrogen and oxygen atoms in total. The second kappa shape index (κ2) is 2.04. The van der Waals surface area contributed by atoms with E-state index < -0.39 is 0 Å². The summed E-state index contributed by atoms with van der Waals surface area (Å²) in [6.07, 6.45) is 1.64. The molecule has 1 heterocycles. The second-order valence-corrected chi connectivity index (χ2v) is 3.49. The van der Waals surface area contributed by atoms with E-state index in [1.807, 2.05) is 12.1 Å². The summed E-state index contributed by atoms with van der Waals surface area (Å²) >= 11 is 0. The zero-order valence-electron chi connectivity index (χ0n) is 6.63. The van der Waals surface area contributed by atoms with Crippen LogP contribution in [0.25, 0.3) is 0 Å². The van der Waals surface area contributed by atoms with Gasteiger partial charge in [0.15, 0.2) is 0 Å². The van der Waals surface area contributed by atoms with E-state index in [4.69, 9.17) is 0 Å². The maximum Gasteiger partial charge on any atom is 0.0620 e. The number of nitrogens with zero attached hydrogens (tertiary/aromatic N) is 1. The van der Waals surface area contributed by atoms with Gasteiger partial charge < -0.3 is 5.21 Å². The Balaban J connectivity index is 3.05. The van der Waals surface area contributed by atoms with E-state index in [9.17, 15) is 5.21 Å². The van der Waals surface area contributed by atoms with Crippen LogP contribution in [0.5, 0.6) is 0 Å². The molecule has 0 aliphatic heterocycles. The third-order valence-corrected chi connectivity index (χ3v) is 1.50. The van der Waals surface area contributed by atoms with Gasteiger partial charge in [-0.2, -0.15) is 4.73 Å². The average molecular weight is 139 g/mol. The van der Waals surface area contributed by atoms with E-state index in [-0.39, 0.29) is 5.41 Å². The first-order valence-corrected chi connectivity index (χ1v) is 3.39. The van der Waals surface area contributed by atoms with Crippen molar-refractivity contribution in [1.29, 1.82) is 0 Å². The lowest BCUT2D eigenvalue weighted by Crippen LogP contribution is -2.15. The molecule has 0 aromatic carbocycles. The number of hydrogen-bond donors (Lipinski definition) is 1. The van der Waals surface area contributed by atoms with E-state index in [0.29, 0.717) is 0 Å². The molecule has 0 atom stereocenters. The van der Waals surface area contributed by atoms with Crippen LogP contribution in [0.4, 0.5) is 0 Å². The van der Waals surface area contributed by atoms with Gasteiger partial charge in [-0.15, -0.1) is 0 Å². The monoisotopic (exact) mass is 139 g/mol. The Hall–Kier alpha value is -0.920. The summed E-state index contributed by atoms with van der Waals surface area (Å²) in [5.74, 6) is 0. The molecule has 0 bridgehead atoms. The van der Waals surface area contributed by atoms with Gasteiger partial charge in [-0.1, -0.05) is 20.8 Å². The smallest absolute Gasteiger partial charge is 0.0620 e. The van der Waals surface area contributed by atoms with Crippen LogP contribution in [0.15, 0.2) is 18.3 Å². The summed E-state index contributed by atoms with van der Waals surface area (Å²) < 4.78 is 1.17. The summed E-state index contributed by atoms with van der Waals surface area (Å²) in [7, 11) is 0. The quantitative estimate of drug-likeness (QED) is 0.546. The highest BCUT2D eigenvalue weighted by Gasteiger charge is 2.16. The van der Waals surface area contributed by atoms with Gasteiger partial charge in [-0.3, -0.25) is 0 Å². The Kier molecular flexibility index (Phi) is 1.47. The maximum atomic E-state index is 9.20. The fourth-order valence-corrected chi connectivity index (χ4v) is 0.966. The lowest BCUT2D eigenvalue weighted by atomic mass is 9.93. The van der Waals surface area contributed by atoms with Crippen LogP contribution in [0.2, 0.25) is 0 Å². The molecule has 1 rings (SSSR count). The molecule has 0 saturated heterocycles. The fourth-order valence-electron chi connectivity index (χ4n) is 0.966. The summed E-state index contributed by atoms with van der Waals surface area (Å²) in [6.45, 7) is 6.19. The van der Waals surface area contributed by atoms with Crippen molar-refractivity contribution in [3.05, 3.63) is 24.0 Å². The summed E-state index contributed by atoms with van der Waals surface area (Å²) in [5.41, 5.74) is 0.964. The highest BCUT2D eigenvalue weighted by atomic mass is 16.5. The Morgan fingerprint density at radius 1 is 1.40 bits per heavy atom. The molecule has 1 N–H and O–H groups in total. The predicted molar refractivity (Wildman–Crippen MR) is 40.3 cm³/mol. The fraction of sp³-hybridized carbons (Fsp3) is 0.500. The van der Waals surface area contributed by atoms with Crippen molar-refractivity contribution >= 4 is 0 Å². The summed E-state index contributed by atoms with van der Waals surface area (Å²) in [5, 5.41) is 9.20. The molecule has 0 saturated carbocycles. The van der Waals surface area contributed by atoms with Crippen molar-refractivity contribution in [2.75, 3.05) is 0 Å². The van der Waals surface area contributed by atoms with Crippen LogP contribution in [0.3, 0.4) is 0 Å². The van der Waals surface area contributed by atoms with E-state index in [1.54, 1.807) is 6.20 Å². The van der Waals surface area contributed by atoms with Crippen molar-refractivity contribution in [1.82, 2.24) is 4.73 Å². The first kappa shape index (κ1) is 7.19. The largest absolute Gasteiger partial charge is 0.429 e. The third-order valence-electron chi connectivity index (χ3n) is 1.50. The Labute approximate surface area is 61.1 Å². The van der Waals surface area contributed by atoms with Crippen molar-refractivity contribution in [2.24, 2.45) is 0 Å². The normalized spacial score (nSPS) is 11.9. The Morgan fingerprint density at radius 3 is 2.20 bits per heavy atom. The highest BCUT2D eigenvalue weighted by Crippen LogP contribution is 2.20. The molecule has 1 aromatic heterocycles. The molecule has 56 valence electrons. The standard InChI is InChI=1S/C8H13NO/c1-8(2,3)7-5-4-6-9(7)10/h4-6,10H,1-3H3. The van der Waals surface area contributed by atoms with Crippen LogP contribution in [-0.4, -0.2) is 9.94 Å².